The van der Waals surface area contributed by atoms with Gasteiger partial charge in [-0.25, -0.2) is 0 Å². The summed E-state index contributed by atoms with van der Waals surface area (Å²) in [6.07, 6.45) is 0. The van der Waals surface area contributed by atoms with Crippen molar-refractivity contribution in [3.05, 3.63) is 48.0 Å². The van der Waals surface area contributed by atoms with Crippen molar-refractivity contribution in [3.63, 3.8) is 0 Å². The average molecular weight is 257 g/mol. The molecular formula is C16H19NO2. The second-order valence-electron chi connectivity index (χ2n) is 4.48. The molecule has 0 spiro atoms. The fourth-order valence-corrected chi connectivity index (χ4v) is 2.19. The van der Waals surface area contributed by atoms with Crippen LogP contribution in [0.2, 0.25) is 0 Å². The summed E-state index contributed by atoms with van der Waals surface area (Å²) in [7, 11) is 0. The summed E-state index contributed by atoms with van der Waals surface area (Å²) in [6, 6.07) is 14.6. The van der Waals surface area contributed by atoms with Gasteiger partial charge in [0.25, 0.3) is 0 Å². The Kier molecular flexibility index (Phi) is 4.53. The summed E-state index contributed by atoms with van der Waals surface area (Å²) in [5.41, 5.74) is 1.20. The molecule has 1 atom stereocenters. The molecule has 2 aromatic carbocycles. The molecule has 0 bridgehead atoms. The van der Waals surface area contributed by atoms with Crippen LogP contribution in [0.4, 0.5) is 0 Å². The SMILES string of the molecule is CCOC(=O)CNC(C)c1cccc2ccccc12. The molecule has 0 aromatic heterocycles. The van der Waals surface area contributed by atoms with Crippen molar-refractivity contribution < 1.29 is 9.53 Å². The molecule has 3 heteroatoms. The summed E-state index contributed by atoms with van der Waals surface area (Å²) in [6.45, 7) is 4.52. The Bertz CT molecular complexity index is 560. The van der Waals surface area contributed by atoms with Crippen molar-refractivity contribution in [1.82, 2.24) is 5.32 Å². The molecule has 100 valence electrons. The number of rotatable bonds is 5. The minimum atomic E-state index is -0.213. The molecule has 0 aliphatic carbocycles. The van der Waals surface area contributed by atoms with Gasteiger partial charge in [0, 0.05) is 6.04 Å². The summed E-state index contributed by atoms with van der Waals surface area (Å²) in [4.78, 5) is 11.4. The van der Waals surface area contributed by atoms with E-state index >= 15 is 0 Å². The average Bonchev–Trinajstić information content (AvgIpc) is 2.44. The third-order valence-corrected chi connectivity index (χ3v) is 3.15. The number of esters is 1. The number of hydrogen-bond acceptors (Lipinski definition) is 3. The third-order valence-electron chi connectivity index (χ3n) is 3.15. The maximum atomic E-state index is 11.4. The molecule has 0 saturated carbocycles. The molecule has 19 heavy (non-hydrogen) atoms. The molecule has 2 rings (SSSR count). The van der Waals surface area contributed by atoms with Crippen molar-refractivity contribution in [2.45, 2.75) is 19.9 Å². The molecule has 1 N–H and O–H groups in total. The van der Waals surface area contributed by atoms with Gasteiger partial charge in [0.15, 0.2) is 0 Å². The Morgan fingerprint density at radius 1 is 1.21 bits per heavy atom. The van der Waals surface area contributed by atoms with Gasteiger partial charge in [-0.05, 0) is 30.2 Å². The number of benzene rings is 2. The number of fused-ring (bicyclic) bond motifs is 1. The van der Waals surface area contributed by atoms with Gasteiger partial charge in [-0.15, -0.1) is 0 Å². The van der Waals surface area contributed by atoms with Crippen LogP contribution in [0.15, 0.2) is 42.5 Å². The van der Waals surface area contributed by atoms with E-state index in [1.165, 1.54) is 16.3 Å². The summed E-state index contributed by atoms with van der Waals surface area (Å²) < 4.78 is 4.91. The lowest BCUT2D eigenvalue weighted by Crippen LogP contribution is -2.27. The van der Waals surface area contributed by atoms with Crippen LogP contribution in [0.1, 0.15) is 25.5 Å². The fraction of sp³-hybridized carbons (Fsp3) is 0.312. The third kappa shape index (κ3) is 3.32. The Morgan fingerprint density at radius 3 is 2.74 bits per heavy atom. The van der Waals surface area contributed by atoms with Crippen molar-refractivity contribution >= 4 is 16.7 Å². The predicted molar refractivity (Wildman–Crippen MR) is 77.0 cm³/mol. The van der Waals surface area contributed by atoms with Gasteiger partial charge in [0.2, 0.25) is 0 Å². The van der Waals surface area contributed by atoms with Gasteiger partial charge in [0.05, 0.1) is 13.2 Å². The van der Waals surface area contributed by atoms with Crippen LogP contribution in [0, 0.1) is 0 Å². The minimum absolute atomic E-state index is 0.107. The topological polar surface area (TPSA) is 38.3 Å². The molecule has 0 aliphatic rings. The zero-order chi connectivity index (χ0) is 13.7. The molecule has 1 unspecified atom stereocenters. The Hall–Kier alpha value is -1.87. The van der Waals surface area contributed by atoms with Crippen LogP contribution >= 0.6 is 0 Å². The van der Waals surface area contributed by atoms with Gasteiger partial charge in [-0.3, -0.25) is 4.79 Å². The largest absolute Gasteiger partial charge is 0.465 e. The fourth-order valence-electron chi connectivity index (χ4n) is 2.19. The van der Waals surface area contributed by atoms with Gasteiger partial charge < -0.3 is 10.1 Å². The first-order valence-electron chi connectivity index (χ1n) is 6.59. The van der Waals surface area contributed by atoms with E-state index in [0.29, 0.717) is 6.61 Å². The van der Waals surface area contributed by atoms with Gasteiger partial charge in [0.1, 0.15) is 0 Å². The summed E-state index contributed by atoms with van der Waals surface area (Å²) in [5, 5.41) is 5.63. The Morgan fingerprint density at radius 2 is 1.95 bits per heavy atom. The lowest BCUT2D eigenvalue weighted by atomic mass is 10.00. The molecule has 0 radical (unpaired) electrons. The highest BCUT2D eigenvalue weighted by atomic mass is 16.5. The number of hydrogen-bond donors (Lipinski definition) is 1. The van der Waals surface area contributed by atoms with Crippen molar-refractivity contribution in [2.24, 2.45) is 0 Å². The van der Waals surface area contributed by atoms with E-state index in [1.54, 1.807) is 0 Å². The number of nitrogens with one attached hydrogen (secondary N) is 1. The molecule has 3 nitrogen and oxygen atoms in total. The van der Waals surface area contributed by atoms with Crippen LogP contribution in [0.3, 0.4) is 0 Å². The predicted octanol–water partition coefficient (Wildman–Crippen LogP) is 3.05. The van der Waals surface area contributed by atoms with E-state index in [-0.39, 0.29) is 18.6 Å². The first-order valence-corrected chi connectivity index (χ1v) is 6.59. The smallest absolute Gasteiger partial charge is 0.319 e. The summed E-state index contributed by atoms with van der Waals surface area (Å²) >= 11 is 0. The van der Waals surface area contributed by atoms with Crippen LogP contribution in [-0.4, -0.2) is 19.1 Å². The van der Waals surface area contributed by atoms with E-state index in [4.69, 9.17) is 4.74 Å². The van der Waals surface area contributed by atoms with E-state index < -0.39 is 0 Å². The van der Waals surface area contributed by atoms with Crippen LogP contribution < -0.4 is 5.32 Å². The van der Waals surface area contributed by atoms with E-state index in [9.17, 15) is 4.79 Å². The van der Waals surface area contributed by atoms with Crippen LogP contribution in [0.5, 0.6) is 0 Å². The normalized spacial score (nSPS) is 12.3. The van der Waals surface area contributed by atoms with Crippen LogP contribution in [-0.2, 0) is 9.53 Å². The second kappa shape index (κ2) is 6.34. The lowest BCUT2D eigenvalue weighted by Gasteiger charge is -2.16. The minimum Gasteiger partial charge on any atom is -0.465 e. The van der Waals surface area contributed by atoms with E-state index in [0.717, 1.165) is 0 Å². The lowest BCUT2D eigenvalue weighted by molar-refractivity contribution is -0.142. The quantitative estimate of drug-likeness (QED) is 0.837. The van der Waals surface area contributed by atoms with Gasteiger partial charge >= 0.3 is 5.97 Å². The number of carbonyl (C=O) groups is 1. The maximum Gasteiger partial charge on any atom is 0.319 e. The highest BCUT2D eigenvalue weighted by Gasteiger charge is 2.10. The van der Waals surface area contributed by atoms with Crippen molar-refractivity contribution in [3.8, 4) is 0 Å². The highest BCUT2D eigenvalue weighted by molar-refractivity contribution is 5.86. The van der Waals surface area contributed by atoms with Crippen molar-refractivity contribution in [2.75, 3.05) is 13.2 Å². The van der Waals surface area contributed by atoms with Crippen molar-refractivity contribution in [1.29, 1.82) is 0 Å². The molecule has 0 aliphatic heterocycles. The standard InChI is InChI=1S/C16H19NO2/c1-3-19-16(18)11-17-12(2)14-10-6-8-13-7-4-5-9-15(13)14/h4-10,12,17H,3,11H2,1-2H3. The molecule has 0 amide bonds. The first kappa shape index (κ1) is 13.6. The van der Waals surface area contributed by atoms with Gasteiger partial charge in [-0.2, -0.15) is 0 Å². The molecule has 0 fully saturated rings. The Labute approximate surface area is 113 Å². The zero-order valence-electron chi connectivity index (χ0n) is 11.3. The molecule has 0 heterocycles. The van der Waals surface area contributed by atoms with Crippen LogP contribution in [0.25, 0.3) is 10.8 Å². The second-order valence-corrected chi connectivity index (χ2v) is 4.48. The number of ether oxygens (including phenoxy) is 1. The molecule has 2 aromatic rings. The first-order chi connectivity index (χ1) is 9.22. The summed E-state index contributed by atoms with van der Waals surface area (Å²) in [5.74, 6) is -0.213. The molecular weight excluding hydrogens is 238 g/mol. The molecule has 0 saturated heterocycles. The number of carbonyl (C=O) groups excluding carboxylic acids is 1. The van der Waals surface area contributed by atoms with E-state index in [1.807, 2.05) is 25.1 Å². The van der Waals surface area contributed by atoms with E-state index in [2.05, 4.69) is 36.5 Å². The van der Waals surface area contributed by atoms with Gasteiger partial charge in [-0.1, -0.05) is 42.5 Å². The monoisotopic (exact) mass is 257 g/mol. The highest BCUT2D eigenvalue weighted by Crippen LogP contribution is 2.23. The zero-order valence-corrected chi connectivity index (χ0v) is 11.3. The Balaban J connectivity index is 2.13. The maximum absolute atomic E-state index is 11.4.